The Kier molecular flexibility index (Phi) is 3.05. The van der Waals surface area contributed by atoms with E-state index in [1.165, 1.54) is 42.8 Å². The van der Waals surface area contributed by atoms with Crippen LogP contribution in [0.1, 0.15) is 39.0 Å². The fraction of sp³-hybridized carbons (Fsp3) is 0.636. The van der Waals surface area contributed by atoms with Crippen molar-refractivity contribution >= 4 is 23.2 Å². The molecule has 0 amide bonds. The summed E-state index contributed by atoms with van der Waals surface area (Å²) in [6.07, 6.45) is 6.17. The third-order valence-corrected chi connectivity index (χ3v) is 3.11. The molecule has 1 aliphatic heterocycles. The minimum Gasteiger partial charge on any atom is -0.357 e. The average molecular weight is 224 g/mol. The quantitative estimate of drug-likeness (QED) is 0.551. The van der Waals surface area contributed by atoms with E-state index < -0.39 is 0 Å². The van der Waals surface area contributed by atoms with Gasteiger partial charge in [-0.15, -0.1) is 0 Å². The molecule has 82 valence electrons. The number of nitrogens with one attached hydrogen (secondary N) is 1. The zero-order chi connectivity index (χ0) is 10.8. The van der Waals surface area contributed by atoms with E-state index >= 15 is 0 Å². The Labute approximate surface area is 96.0 Å². The Balaban J connectivity index is 2.15. The van der Waals surface area contributed by atoms with Crippen LogP contribution < -0.4 is 11.1 Å². The number of nitrogens with zero attached hydrogens (tertiary/aromatic N) is 1. The molecule has 2 aliphatic rings. The third-order valence-electron chi connectivity index (χ3n) is 3.01. The number of rotatable bonds is 2. The van der Waals surface area contributed by atoms with Gasteiger partial charge in [0.1, 0.15) is 5.70 Å². The molecule has 3 nitrogen and oxygen atoms in total. The van der Waals surface area contributed by atoms with Gasteiger partial charge in [-0.25, -0.2) is 9.89 Å². The lowest BCUT2D eigenvalue weighted by atomic mass is 9.90. The average Bonchev–Trinajstić information content (AvgIpc) is 2.23. The molecule has 0 saturated heterocycles. The normalized spacial score (nSPS) is 19.8. The molecule has 0 spiro atoms. The molecule has 0 saturated carbocycles. The second-order valence-electron chi connectivity index (χ2n) is 4.12. The molecule has 2 rings (SSSR count). The van der Waals surface area contributed by atoms with Crippen LogP contribution in [0.3, 0.4) is 0 Å². The maximum absolute atomic E-state index is 5.53. The van der Waals surface area contributed by atoms with E-state index in [2.05, 4.69) is 16.8 Å². The third kappa shape index (κ3) is 1.91. The van der Waals surface area contributed by atoms with Crippen molar-refractivity contribution < 1.29 is 4.58 Å². The topological polar surface area (TPSA) is 41.1 Å². The van der Waals surface area contributed by atoms with Gasteiger partial charge < -0.3 is 5.73 Å². The van der Waals surface area contributed by atoms with Crippen LogP contribution in [-0.2, 0) is 0 Å². The van der Waals surface area contributed by atoms with Crippen LogP contribution >= 0.6 is 12.2 Å². The van der Waals surface area contributed by atoms with Gasteiger partial charge in [0.15, 0.2) is 0 Å². The van der Waals surface area contributed by atoms with Crippen molar-refractivity contribution in [1.82, 2.24) is 5.32 Å². The molecule has 3 N–H and O–H groups in total. The number of hydrogen-bond donors (Lipinski definition) is 2. The summed E-state index contributed by atoms with van der Waals surface area (Å²) < 4.78 is 2.34. The van der Waals surface area contributed by atoms with Crippen LogP contribution in [0.4, 0.5) is 0 Å². The highest BCUT2D eigenvalue weighted by Crippen LogP contribution is 2.32. The fourth-order valence-electron chi connectivity index (χ4n) is 2.42. The molecule has 0 unspecified atom stereocenters. The van der Waals surface area contributed by atoms with Crippen molar-refractivity contribution in [3.8, 4) is 0 Å². The highest BCUT2D eigenvalue weighted by molar-refractivity contribution is 7.80. The first-order valence-corrected chi connectivity index (χ1v) is 6.08. The fourth-order valence-corrected chi connectivity index (χ4v) is 2.51. The number of hydrogen-bond acceptors (Lipinski definition) is 1. The van der Waals surface area contributed by atoms with E-state index in [-0.39, 0.29) is 0 Å². The van der Waals surface area contributed by atoms with Gasteiger partial charge in [0.05, 0.1) is 12.1 Å². The lowest BCUT2D eigenvalue weighted by molar-refractivity contribution is -0.496. The van der Waals surface area contributed by atoms with Gasteiger partial charge in [-0.1, -0.05) is 6.92 Å². The summed E-state index contributed by atoms with van der Waals surface area (Å²) >= 11 is 4.90. The van der Waals surface area contributed by atoms with Crippen LogP contribution in [0, 0.1) is 0 Å². The highest BCUT2D eigenvalue weighted by Gasteiger charge is 2.37. The zero-order valence-corrected chi connectivity index (χ0v) is 9.99. The lowest BCUT2D eigenvalue weighted by Crippen LogP contribution is -2.48. The molecule has 15 heavy (non-hydrogen) atoms. The highest BCUT2D eigenvalue weighted by atomic mass is 32.1. The van der Waals surface area contributed by atoms with Crippen molar-refractivity contribution in [2.24, 2.45) is 5.73 Å². The van der Waals surface area contributed by atoms with Gasteiger partial charge in [-0.3, -0.25) is 0 Å². The van der Waals surface area contributed by atoms with Crippen molar-refractivity contribution in [3.63, 3.8) is 0 Å². The summed E-state index contributed by atoms with van der Waals surface area (Å²) in [5.41, 5.74) is 8.51. The predicted octanol–water partition coefficient (Wildman–Crippen LogP) is 1.48. The molecule has 0 aromatic heterocycles. The van der Waals surface area contributed by atoms with Crippen molar-refractivity contribution in [3.05, 3.63) is 11.3 Å². The Morgan fingerprint density at radius 3 is 2.87 bits per heavy atom. The second-order valence-corrected chi connectivity index (χ2v) is 4.56. The van der Waals surface area contributed by atoms with E-state index in [9.17, 15) is 0 Å². The Bertz CT molecular complexity index is 355. The van der Waals surface area contributed by atoms with Crippen LogP contribution in [0.2, 0.25) is 0 Å². The van der Waals surface area contributed by atoms with Crippen molar-refractivity contribution in [1.29, 1.82) is 0 Å². The minimum absolute atomic E-state index is 0.378. The molecular formula is C11H18N3S+. The van der Waals surface area contributed by atoms with Gasteiger partial charge in [0.2, 0.25) is 0 Å². The molecule has 0 radical (unpaired) electrons. The molecule has 0 atom stereocenters. The van der Waals surface area contributed by atoms with Crippen LogP contribution in [-0.4, -0.2) is 22.1 Å². The first-order valence-electron chi connectivity index (χ1n) is 5.67. The summed E-state index contributed by atoms with van der Waals surface area (Å²) in [4.78, 5) is 0. The molecule has 0 aromatic carbocycles. The zero-order valence-electron chi connectivity index (χ0n) is 9.18. The van der Waals surface area contributed by atoms with E-state index in [4.69, 9.17) is 18.0 Å². The Hall–Kier alpha value is -0.900. The molecule has 0 fully saturated rings. The number of thiocarbonyl (C=S) groups is 1. The van der Waals surface area contributed by atoms with Gasteiger partial charge in [0.25, 0.3) is 10.9 Å². The van der Waals surface area contributed by atoms with E-state index in [0.717, 1.165) is 13.0 Å². The maximum Gasteiger partial charge on any atom is 0.288 e. The summed E-state index contributed by atoms with van der Waals surface area (Å²) in [7, 11) is 0. The van der Waals surface area contributed by atoms with Crippen LogP contribution in [0.15, 0.2) is 11.3 Å². The van der Waals surface area contributed by atoms with E-state index in [1.807, 2.05) is 0 Å². The van der Waals surface area contributed by atoms with Crippen LogP contribution in [0.5, 0.6) is 0 Å². The van der Waals surface area contributed by atoms with Crippen molar-refractivity contribution in [2.75, 3.05) is 6.54 Å². The summed E-state index contributed by atoms with van der Waals surface area (Å²) in [5.74, 6) is 1.17. The number of allylic oxidation sites excluding steroid dienone is 1. The summed E-state index contributed by atoms with van der Waals surface area (Å²) in [5, 5.41) is 3.49. The molecule has 0 bridgehead atoms. The summed E-state index contributed by atoms with van der Waals surface area (Å²) in [6, 6.07) is 0. The minimum atomic E-state index is 0.378. The standard InChI is InChI=1S/C11H17N3S/c1-2-7-14-9-6-4-3-5-8(9)10(14)13-11(12)15/h2-7H2,1H3,(H2,12,15)/p+1. The number of nitrogens with two attached hydrogens (primary N) is 1. The molecule has 1 heterocycles. The van der Waals surface area contributed by atoms with Gasteiger partial charge >= 0.3 is 0 Å². The molecule has 4 heteroatoms. The molecular weight excluding hydrogens is 206 g/mol. The SMILES string of the molecule is CCC[N+]1=C(NC(N)=S)C2=C1CCCC2. The van der Waals surface area contributed by atoms with Crippen molar-refractivity contribution in [2.45, 2.75) is 39.0 Å². The van der Waals surface area contributed by atoms with Gasteiger partial charge in [-0.2, -0.15) is 0 Å². The van der Waals surface area contributed by atoms with Crippen LogP contribution in [0.25, 0.3) is 0 Å². The molecule has 1 aliphatic carbocycles. The maximum atomic E-state index is 5.53. The monoisotopic (exact) mass is 224 g/mol. The largest absolute Gasteiger partial charge is 0.357 e. The first-order chi connectivity index (χ1) is 7.24. The predicted molar refractivity (Wildman–Crippen MR) is 65.8 cm³/mol. The number of amidine groups is 1. The van der Waals surface area contributed by atoms with Gasteiger partial charge in [-0.05, 0) is 37.9 Å². The summed E-state index contributed by atoms with van der Waals surface area (Å²) in [6.45, 7) is 3.27. The second kappa shape index (κ2) is 4.31. The molecule has 0 aromatic rings. The Morgan fingerprint density at radius 2 is 2.20 bits per heavy atom. The Morgan fingerprint density at radius 1 is 1.47 bits per heavy atom. The smallest absolute Gasteiger partial charge is 0.288 e. The lowest BCUT2D eigenvalue weighted by Gasteiger charge is -2.29. The van der Waals surface area contributed by atoms with Gasteiger partial charge in [0, 0.05) is 6.42 Å². The van der Waals surface area contributed by atoms with E-state index in [1.54, 1.807) is 0 Å². The van der Waals surface area contributed by atoms with E-state index in [0.29, 0.717) is 5.11 Å². The first kappa shape index (κ1) is 10.6.